The van der Waals surface area contributed by atoms with Crippen molar-refractivity contribution in [2.24, 2.45) is 5.73 Å². The minimum Gasteiger partial charge on any atom is -0.392 e. The Labute approximate surface area is 124 Å². The van der Waals surface area contributed by atoms with Crippen molar-refractivity contribution in [3.63, 3.8) is 0 Å². The molecule has 0 saturated carbocycles. The molecule has 0 heterocycles. The monoisotopic (exact) mass is 402 g/mol. The fourth-order valence-corrected chi connectivity index (χ4v) is 3.97. The fraction of sp³-hybridized carbons (Fsp3) is 0.300. The van der Waals surface area contributed by atoms with Gasteiger partial charge in [0.25, 0.3) is 0 Å². The van der Waals surface area contributed by atoms with Crippen LogP contribution in [0.4, 0.5) is 10.1 Å². The smallest absolute Gasteiger partial charge is 0.242 e. The third-order valence-electron chi connectivity index (χ3n) is 2.27. The number of rotatable bonds is 5. The first kappa shape index (κ1) is 15.6. The van der Waals surface area contributed by atoms with Crippen molar-refractivity contribution < 1.29 is 12.8 Å². The molecule has 0 fully saturated rings. The van der Waals surface area contributed by atoms with Crippen molar-refractivity contribution in [1.82, 2.24) is 0 Å². The van der Waals surface area contributed by atoms with E-state index in [-0.39, 0.29) is 20.7 Å². The van der Waals surface area contributed by atoms with E-state index in [2.05, 4.69) is 4.72 Å². The summed E-state index contributed by atoms with van der Waals surface area (Å²) in [4.78, 5) is -0.101. The summed E-state index contributed by atoms with van der Waals surface area (Å²) in [5, 5.41) is -0.966. The lowest BCUT2D eigenvalue weighted by Gasteiger charge is -2.16. The van der Waals surface area contributed by atoms with Crippen LogP contribution in [0.3, 0.4) is 0 Å². The predicted molar refractivity (Wildman–Crippen MR) is 82.5 cm³/mol. The number of anilines is 1. The molecule has 1 atom stereocenters. The molecule has 3 N–H and O–H groups in total. The molecule has 0 aliphatic rings. The molecule has 0 saturated heterocycles. The molecule has 4 nitrogen and oxygen atoms in total. The van der Waals surface area contributed by atoms with Crippen LogP contribution in [-0.4, -0.2) is 18.7 Å². The van der Waals surface area contributed by atoms with Gasteiger partial charge in [-0.2, -0.15) is 0 Å². The van der Waals surface area contributed by atoms with E-state index in [1.54, 1.807) is 29.5 Å². The van der Waals surface area contributed by atoms with Gasteiger partial charge in [-0.1, -0.05) is 25.2 Å². The van der Waals surface area contributed by atoms with E-state index in [9.17, 15) is 12.8 Å². The number of hydrogen-bond acceptors (Lipinski definition) is 3. The Balaban J connectivity index is 3.10. The second kappa shape index (κ2) is 6.11. The first-order chi connectivity index (χ1) is 8.29. The summed E-state index contributed by atoms with van der Waals surface area (Å²) in [6.07, 6.45) is 0.260. The molecule has 0 spiro atoms. The summed E-state index contributed by atoms with van der Waals surface area (Å²) in [6.45, 7) is 1.67. The van der Waals surface area contributed by atoms with Gasteiger partial charge in [-0.25, -0.2) is 12.8 Å². The second-order valence-corrected chi connectivity index (χ2v) is 6.96. The van der Waals surface area contributed by atoms with E-state index in [1.807, 2.05) is 0 Å². The molecule has 0 amide bonds. The maximum Gasteiger partial charge on any atom is 0.242 e. The molecule has 100 valence electrons. The number of thiocarbonyl (C=S) groups is 1. The van der Waals surface area contributed by atoms with Crippen LogP contribution in [0.1, 0.15) is 13.3 Å². The lowest BCUT2D eigenvalue weighted by Crippen LogP contribution is -2.37. The highest BCUT2D eigenvalue weighted by Crippen LogP contribution is 2.23. The van der Waals surface area contributed by atoms with Crippen molar-refractivity contribution in [3.05, 3.63) is 27.6 Å². The van der Waals surface area contributed by atoms with Gasteiger partial charge in [-0.05, 0) is 41.1 Å². The van der Waals surface area contributed by atoms with Crippen molar-refractivity contribution in [1.29, 1.82) is 0 Å². The second-order valence-electron chi connectivity index (χ2n) is 3.55. The quantitative estimate of drug-likeness (QED) is 0.586. The highest BCUT2D eigenvalue weighted by molar-refractivity contribution is 14.1. The maximum atomic E-state index is 13.3. The summed E-state index contributed by atoms with van der Waals surface area (Å²) in [5.41, 5.74) is 5.58. The summed E-state index contributed by atoms with van der Waals surface area (Å²) in [7, 11) is -3.75. The molecule has 1 aromatic carbocycles. The van der Waals surface area contributed by atoms with Crippen molar-refractivity contribution in [2.45, 2.75) is 18.6 Å². The Kier molecular flexibility index (Phi) is 5.29. The molecule has 0 aromatic heterocycles. The molecular weight excluding hydrogens is 390 g/mol. The highest BCUT2D eigenvalue weighted by Gasteiger charge is 2.27. The minimum absolute atomic E-state index is 0.101. The van der Waals surface area contributed by atoms with Crippen LogP contribution in [0.15, 0.2) is 18.2 Å². The van der Waals surface area contributed by atoms with Crippen molar-refractivity contribution in [3.8, 4) is 0 Å². The van der Waals surface area contributed by atoms with Gasteiger partial charge in [-0.3, -0.25) is 4.72 Å². The molecule has 1 unspecified atom stereocenters. The molecule has 0 bridgehead atoms. The van der Waals surface area contributed by atoms with Gasteiger partial charge in [0.1, 0.15) is 11.1 Å². The molecule has 18 heavy (non-hydrogen) atoms. The fourth-order valence-electron chi connectivity index (χ4n) is 1.38. The van der Waals surface area contributed by atoms with Gasteiger partial charge < -0.3 is 5.73 Å². The van der Waals surface area contributed by atoms with Crippen molar-refractivity contribution in [2.75, 3.05) is 4.72 Å². The average molecular weight is 402 g/mol. The number of benzene rings is 1. The molecule has 1 aromatic rings. The minimum atomic E-state index is -3.75. The third kappa shape index (κ3) is 3.51. The zero-order valence-electron chi connectivity index (χ0n) is 9.48. The van der Waals surface area contributed by atoms with Crippen LogP contribution >= 0.6 is 34.8 Å². The van der Waals surface area contributed by atoms with E-state index in [1.165, 1.54) is 18.2 Å². The molecule has 8 heteroatoms. The Morgan fingerprint density at radius 2 is 2.22 bits per heavy atom. The lowest BCUT2D eigenvalue weighted by atomic mass is 10.3. The highest BCUT2D eigenvalue weighted by atomic mass is 127. The van der Waals surface area contributed by atoms with E-state index in [0.717, 1.165) is 0 Å². The maximum absolute atomic E-state index is 13.3. The summed E-state index contributed by atoms with van der Waals surface area (Å²) >= 11 is 6.45. The van der Waals surface area contributed by atoms with E-state index in [0.29, 0.717) is 0 Å². The Hall–Kier alpha value is -0.480. The van der Waals surface area contributed by atoms with Crippen LogP contribution in [0.2, 0.25) is 0 Å². The van der Waals surface area contributed by atoms with Crippen LogP contribution in [0.25, 0.3) is 0 Å². The predicted octanol–water partition coefficient (Wildman–Crippen LogP) is 2.24. The first-order valence-corrected chi connectivity index (χ1v) is 8.08. The molecular formula is C10H12FIN2O2S2. The van der Waals surface area contributed by atoms with E-state index < -0.39 is 21.1 Å². The zero-order chi connectivity index (χ0) is 13.9. The van der Waals surface area contributed by atoms with Gasteiger partial charge in [0.05, 0.1) is 14.2 Å². The van der Waals surface area contributed by atoms with E-state index >= 15 is 0 Å². The molecule has 0 aliphatic heterocycles. The standard InChI is InChI=1S/C10H12FIN2O2S2/c1-2-8(10(13)17)18(15,16)14-7-5-3-4-6(11)9(7)12/h3-5,8,14H,2H2,1H3,(H2,13,17). The van der Waals surface area contributed by atoms with Crippen LogP contribution in [0, 0.1) is 9.39 Å². The van der Waals surface area contributed by atoms with Gasteiger partial charge in [0, 0.05) is 0 Å². The summed E-state index contributed by atoms with van der Waals surface area (Å²) in [6, 6.07) is 4.16. The average Bonchev–Trinajstić information content (AvgIpc) is 2.24. The van der Waals surface area contributed by atoms with Gasteiger partial charge in [0.2, 0.25) is 10.0 Å². The Morgan fingerprint density at radius 3 is 2.72 bits per heavy atom. The van der Waals surface area contributed by atoms with Gasteiger partial charge in [0.15, 0.2) is 0 Å². The number of nitrogens with two attached hydrogens (primary N) is 1. The van der Waals surface area contributed by atoms with Crippen molar-refractivity contribution >= 4 is 55.5 Å². The zero-order valence-corrected chi connectivity index (χ0v) is 13.3. The van der Waals surface area contributed by atoms with Gasteiger partial charge >= 0.3 is 0 Å². The SMILES string of the molecule is CCC(C(N)=S)S(=O)(=O)Nc1cccc(F)c1I. The molecule has 0 aliphatic carbocycles. The largest absolute Gasteiger partial charge is 0.392 e. The Morgan fingerprint density at radius 1 is 1.61 bits per heavy atom. The number of halogens is 2. The van der Waals surface area contributed by atoms with Crippen LogP contribution in [-0.2, 0) is 10.0 Å². The number of hydrogen-bond donors (Lipinski definition) is 2. The first-order valence-electron chi connectivity index (χ1n) is 5.04. The normalized spacial score (nSPS) is 13.1. The summed E-state index contributed by atoms with van der Waals surface area (Å²) in [5.74, 6) is -0.487. The third-order valence-corrected chi connectivity index (χ3v) is 5.64. The number of sulfonamides is 1. The van der Waals surface area contributed by atoms with Crippen LogP contribution in [0.5, 0.6) is 0 Å². The van der Waals surface area contributed by atoms with Crippen LogP contribution < -0.4 is 10.5 Å². The van der Waals surface area contributed by atoms with Gasteiger partial charge in [-0.15, -0.1) is 0 Å². The number of nitrogens with one attached hydrogen (secondary N) is 1. The summed E-state index contributed by atoms with van der Waals surface area (Å²) < 4.78 is 39.9. The topological polar surface area (TPSA) is 72.2 Å². The lowest BCUT2D eigenvalue weighted by molar-refractivity contribution is 0.594. The Bertz CT molecular complexity index is 563. The molecule has 1 rings (SSSR count). The van der Waals surface area contributed by atoms with E-state index in [4.69, 9.17) is 18.0 Å². The molecule has 0 radical (unpaired) electrons.